The van der Waals surface area contributed by atoms with Gasteiger partial charge in [0.1, 0.15) is 34.2 Å². The number of aryl methyl sites for hydroxylation is 3. The number of hydrogen-bond acceptors (Lipinski definition) is 12. The van der Waals surface area contributed by atoms with Gasteiger partial charge in [-0.3, -0.25) is 28.6 Å². The third kappa shape index (κ3) is 12.9. The van der Waals surface area contributed by atoms with Gasteiger partial charge in [-0.05, 0) is 85.9 Å². The van der Waals surface area contributed by atoms with E-state index in [1.54, 1.807) is 29.6 Å². The Morgan fingerprint density at radius 1 is 0.574 bits per heavy atom. The normalized spacial score (nSPS) is 15.9. The van der Waals surface area contributed by atoms with Gasteiger partial charge in [0, 0.05) is 83.3 Å². The highest BCUT2D eigenvalue weighted by molar-refractivity contribution is 7.19. The monoisotopic (exact) mass is 1030 g/mol. The number of likely N-dealkylation sites (tertiary alicyclic amines) is 1. The van der Waals surface area contributed by atoms with Gasteiger partial charge in [0.05, 0.1) is 30.5 Å². The molecule has 7 aromatic rings. The van der Waals surface area contributed by atoms with Crippen molar-refractivity contribution in [2.24, 2.45) is 21.1 Å². The van der Waals surface area contributed by atoms with Crippen LogP contribution in [0.25, 0.3) is 31.7 Å². The molecule has 0 saturated carbocycles. The Morgan fingerprint density at radius 3 is 1.38 bits per heavy atom. The number of halogens is 9. The zero-order valence-electron chi connectivity index (χ0n) is 37.0. The van der Waals surface area contributed by atoms with Gasteiger partial charge < -0.3 is 10.0 Å². The number of aliphatic hydroxyl groups excluding tert-OH is 1. The smallest absolute Gasteiger partial charge is 0.393 e. The summed E-state index contributed by atoms with van der Waals surface area (Å²) >= 11 is 5.45. The minimum atomic E-state index is -4.45. The lowest BCUT2D eigenvalue weighted by Crippen LogP contribution is -2.43. The zero-order valence-corrected chi connectivity index (χ0v) is 40.3. The Balaban J connectivity index is 0.000000151. The van der Waals surface area contributed by atoms with E-state index in [-0.39, 0.29) is 17.6 Å². The summed E-state index contributed by atoms with van der Waals surface area (Å²) in [6, 6.07) is 17.5. The third-order valence-electron chi connectivity index (χ3n) is 11.1. The first-order valence-corrected chi connectivity index (χ1v) is 24.4. The molecule has 2 aliphatic heterocycles. The number of carbonyl (C=O) groups is 1. The lowest BCUT2D eigenvalue weighted by molar-refractivity contribution is -0.144. The van der Waals surface area contributed by atoms with Crippen LogP contribution >= 0.6 is 45.3 Å². The second-order valence-corrected chi connectivity index (χ2v) is 20.6. The van der Waals surface area contributed by atoms with Crippen LogP contribution < -0.4 is 0 Å². The largest absolute Gasteiger partial charge is 0.433 e. The van der Waals surface area contributed by atoms with Crippen LogP contribution in [-0.2, 0) is 52.8 Å². The highest BCUT2D eigenvalue weighted by Crippen LogP contribution is 2.37. The molecule has 2 aliphatic rings. The molecular formula is C44H46F9N9O2S4. The fourth-order valence-corrected chi connectivity index (χ4v) is 11.1. The standard InChI is InChI=1S/C15H19F3N4S.C15H18F3N3OS.C14H9F3N2OS2/c1-20-5-7-22(8-6-20)10-11-3-4-13(23-11)12-9-14(15(16,17)18)21(2)19-12;1-20-14(15(16,17)18)8-12(19-20)13-3-2-11(23-13)9-21-6-4-10(22)5-7-21;1-19-12(14(15,16)17)7-8(18-19)9-4-5-11(22-9)13(20)10-3-2-6-21-10/h3-4,9H,5-8,10H2,1-2H3;2-3,8,10,22H,4-7,9H2,1H3;2-7H,1H3. The molecular weight excluding hydrogens is 986 g/mol. The number of aromatic nitrogens is 6. The maximum absolute atomic E-state index is 12.9. The van der Waals surface area contributed by atoms with E-state index < -0.39 is 35.6 Å². The molecule has 7 aromatic heterocycles. The van der Waals surface area contributed by atoms with E-state index in [1.807, 2.05) is 24.3 Å². The molecule has 68 heavy (non-hydrogen) atoms. The molecule has 0 spiro atoms. The predicted octanol–water partition coefficient (Wildman–Crippen LogP) is 10.5. The van der Waals surface area contributed by atoms with Crippen molar-refractivity contribution in [3.8, 4) is 31.7 Å². The van der Waals surface area contributed by atoms with Crippen LogP contribution in [0.1, 0.15) is 54.2 Å². The third-order valence-corrected chi connectivity index (χ3v) is 15.2. The maximum Gasteiger partial charge on any atom is 0.433 e. The summed E-state index contributed by atoms with van der Waals surface area (Å²) in [5, 5.41) is 23.2. The molecule has 2 fully saturated rings. The molecule has 0 unspecified atom stereocenters. The number of aliphatic hydroxyl groups is 1. The molecule has 1 N–H and O–H groups in total. The summed E-state index contributed by atoms with van der Waals surface area (Å²) in [4.78, 5) is 24.5. The summed E-state index contributed by atoms with van der Waals surface area (Å²) in [7, 11) is 5.99. The fourth-order valence-electron chi connectivity index (χ4n) is 7.41. The summed E-state index contributed by atoms with van der Waals surface area (Å²) in [6.07, 6.45) is -11.9. The van der Waals surface area contributed by atoms with Gasteiger partial charge in [-0.25, -0.2) is 0 Å². The highest BCUT2D eigenvalue weighted by atomic mass is 32.1. The zero-order chi connectivity index (χ0) is 49.1. The first-order valence-electron chi connectivity index (χ1n) is 21.0. The number of carbonyl (C=O) groups excluding carboxylic acids is 1. The molecule has 9 rings (SSSR count). The molecule has 2 saturated heterocycles. The fraction of sp³-hybridized carbons (Fsp3) is 0.409. The van der Waals surface area contributed by atoms with E-state index >= 15 is 0 Å². The van der Waals surface area contributed by atoms with Gasteiger partial charge in [-0.2, -0.15) is 54.8 Å². The van der Waals surface area contributed by atoms with Gasteiger partial charge in [0.25, 0.3) is 0 Å². The Kier molecular flexibility index (Phi) is 15.9. The average molecular weight is 1030 g/mol. The van der Waals surface area contributed by atoms with E-state index in [1.165, 1.54) is 55.2 Å². The van der Waals surface area contributed by atoms with Crippen LogP contribution in [0, 0.1) is 0 Å². The number of thiophene rings is 4. The van der Waals surface area contributed by atoms with E-state index in [0.717, 1.165) is 128 Å². The Bertz CT molecular complexity index is 2630. The van der Waals surface area contributed by atoms with Crippen molar-refractivity contribution < 1.29 is 49.4 Å². The van der Waals surface area contributed by atoms with Crippen LogP contribution in [0.3, 0.4) is 0 Å². The summed E-state index contributed by atoms with van der Waals surface area (Å²) in [5.41, 5.74) is -1.33. The molecule has 0 bridgehead atoms. The maximum atomic E-state index is 12.9. The van der Waals surface area contributed by atoms with E-state index in [0.29, 0.717) is 26.0 Å². The van der Waals surface area contributed by atoms with Gasteiger partial charge in [0.15, 0.2) is 0 Å². The SMILES string of the molecule is CN1CCN(Cc2ccc(-c3cc(C(F)(F)F)n(C)n3)s2)CC1.Cn1nc(-c2ccc(C(=O)c3cccs3)s2)cc1C(F)(F)F.Cn1nc(-c2ccc(CN3CCC(O)CC3)s2)cc1C(F)(F)F. The second kappa shape index (κ2) is 21.1. The van der Waals surface area contributed by atoms with Crippen molar-refractivity contribution in [3.63, 3.8) is 0 Å². The van der Waals surface area contributed by atoms with E-state index in [4.69, 9.17) is 0 Å². The number of piperidine rings is 1. The van der Waals surface area contributed by atoms with Crippen LogP contribution in [0.2, 0.25) is 0 Å². The number of ketones is 1. The number of hydrogen-bond donors (Lipinski definition) is 1. The Morgan fingerprint density at radius 2 is 0.985 bits per heavy atom. The molecule has 0 radical (unpaired) electrons. The molecule has 0 aromatic carbocycles. The first kappa shape index (κ1) is 51.2. The Hall–Kier alpha value is -4.69. The number of nitrogens with zero attached hydrogens (tertiary/aromatic N) is 9. The molecule has 0 amide bonds. The number of piperazine rings is 1. The van der Waals surface area contributed by atoms with Gasteiger partial charge >= 0.3 is 18.5 Å². The quantitative estimate of drug-likeness (QED) is 0.113. The number of alkyl halides is 9. The summed E-state index contributed by atoms with van der Waals surface area (Å²) in [6.45, 7) is 7.43. The summed E-state index contributed by atoms with van der Waals surface area (Å²) < 4.78 is 118. The molecule has 24 heteroatoms. The van der Waals surface area contributed by atoms with Crippen LogP contribution in [-0.4, -0.2) is 107 Å². The lowest BCUT2D eigenvalue weighted by Gasteiger charge is -2.31. The lowest BCUT2D eigenvalue weighted by atomic mass is 10.1. The van der Waals surface area contributed by atoms with Crippen molar-refractivity contribution in [1.82, 2.24) is 44.0 Å². The van der Waals surface area contributed by atoms with Crippen LogP contribution in [0.15, 0.2) is 72.1 Å². The van der Waals surface area contributed by atoms with Crippen LogP contribution in [0.5, 0.6) is 0 Å². The van der Waals surface area contributed by atoms with E-state index in [9.17, 15) is 49.4 Å². The van der Waals surface area contributed by atoms with Crippen molar-refractivity contribution in [1.29, 1.82) is 0 Å². The summed E-state index contributed by atoms with van der Waals surface area (Å²) in [5.74, 6) is -0.127. The minimum Gasteiger partial charge on any atom is -0.393 e. The second-order valence-electron chi connectivity index (χ2n) is 16.2. The molecule has 366 valence electrons. The van der Waals surface area contributed by atoms with Crippen molar-refractivity contribution in [2.75, 3.05) is 46.3 Å². The average Bonchev–Trinajstić information content (AvgIpc) is 4.12. The Labute approximate surface area is 401 Å². The van der Waals surface area contributed by atoms with Crippen LogP contribution in [0.4, 0.5) is 39.5 Å². The van der Waals surface area contributed by atoms with Gasteiger partial charge in [0.2, 0.25) is 5.78 Å². The molecule has 0 atom stereocenters. The van der Waals surface area contributed by atoms with Crippen molar-refractivity contribution in [3.05, 3.63) is 109 Å². The van der Waals surface area contributed by atoms with Crippen molar-refractivity contribution >= 4 is 51.1 Å². The number of rotatable bonds is 9. The molecule has 11 nitrogen and oxygen atoms in total. The molecule has 9 heterocycles. The highest BCUT2D eigenvalue weighted by Gasteiger charge is 2.37. The van der Waals surface area contributed by atoms with E-state index in [2.05, 4.69) is 37.0 Å². The van der Waals surface area contributed by atoms with Crippen molar-refractivity contribution in [2.45, 2.75) is 50.6 Å². The number of likely N-dealkylation sites (N-methyl/N-ethyl adjacent to an activating group) is 1. The minimum absolute atomic E-state index is 0.127. The van der Waals surface area contributed by atoms with Gasteiger partial charge in [-0.1, -0.05) is 6.07 Å². The topological polar surface area (TPSA) is 100 Å². The predicted molar refractivity (Wildman–Crippen MR) is 246 cm³/mol. The van der Waals surface area contributed by atoms with Gasteiger partial charge in [-0.15, -0.1) is 45.3 Å². The molecule has 0 aliphatic carbocycles. The first-order chi connectivity index (χ1) is 32.0.